The lowest BCUT2D eigenvalue weighted by atomic mass is 9.84. The lowest BCUT2D eigenvalue weighted by Gasteiger charge is -2.21. The van der Waals surface area contributed by atoms with Crippen LogP contribution in [0.5, 0.6) is 0 Å². The van der Waals surface area contributed by atoms with Gasteiger partial charge in [-0.2, -0.15) is 0 Å². The fourth-order valence-corrected chi connectivity index (χ4v) is 2.05. The van der Waals surface area contributed by atoms with E-state index in [1.54, 1.807) is 0 Å². The Morgan fingerprint density at radius 1 is 1.29 bits per heavy atom. The first-order valence-corrected chi connectivity index (χ1v) is 5.81. The zero-order valence-corrected chi connectivity index (χ0v) is 9.04. The van der Waals surface area contributed by atoms with Gasteiger partial charge in [-0.05, 0) is 31.6 Å². The smallest absolute Gasteiger partial charge is 0.0433 e. The summed E-state index contributed by atoms with van der Waals surface area (Å²) < 4.78 is 0. The molecule has 0 saturated heterocycles. The molecule has 0 spiro atoms. The Morgan fingerprint density at radius 3 is 2.64 bits per heavy atom. The van der Waals surface area contributed by atoms with Crippen LogP contribution >= 0.6 is 0 Å². The van der Waals surface area contributed by atoms with E-state index in [9.17, 15) is 0 Å². The molecule has 1 fully saturated rings. The molecule has 1 aliphatic carbocycles. The largest absolute Gasteiger partial charge is 0.396 e. The Balaban J connectivity index is 2.22. The molecule has 1 nitrogen and oxygen atoms in total. The molecule has 0 bridgehead atoms. The van der Waals surface area contributed by atoms with Gasteiger partial charge in [0.1, 0.15) is 0 Å². The maximum Gasteiger partial charge on any atom is 0.0433 e. The van der Waals surface area contributed by atoms with Crippen molar-refractivity contribution in [2.45, 2.75) is 44.9 Å². The highest BCUT2D eigenvalue weighted by atomic mass is 16.2. The Kier molecular flexibility index (Phi) is 5.62. The second-order valence-electron chi connectivity index (χ2n) is 4.18. The third-order valence-electron chi connectivity index (χ3n) is 2.99. The van der Waals surface area contributed by atoms with E-state index in [2.05, 4.69) is 18.7 Å². The van der Waals surface area contributed by atoms with E-state index in [-0.39, 0.29) is 0 Å². The molecule has 0 heterocycles. The zero-order valence-electron chi connectivity index (χ0n) is 9.04. The van der Waals surface area contributed by atoms with Crippen molar-refractivity contribution < 1.29 is 5.11 Å². The van der Waals surface area contributed by atoms with Crippen molar-refractivity contribution >= 4 is 0 Å². The molecule has 1 N–H and O–H groups in total. The van der Waals surface area contributed by atoms with Crippen LogP contribution in [0.1, 0.15) is 44.9 Å². The number of hydrogen-bond donors (Lipinski definition) is 1. The molecule has 0 aromatic carbocycles. The molecular weight excluding hydrogens is 172 g/mol. The van der Waals surface area contributed by atoms with Crippen molar-refractivity contribution in [3.8, 4) is 0 Å². The predicted molar refractivity (Wildman–Crippen MR) is 61.2 cm³/mol. The van der Waals surface area contributed by atoms with Gasteiger partial charge in [0, 0.05) is 6.61 Å². The summed E-state index contributed by atoms with van der Waals surface area (Å²) >= 11 is 0. The van der Waals surface area contributed by atoms with Crippen molar-refractivity contribution in [3.63, 3.8) is 0 Å². The maximum absolute atomic E-state index is 8.62. The summed E-state index contributed by atoms with van der Waals surface area (Å²) in [6.07, 6.45) is 12.9. The van der Waals surface area contributed by atoms with Crippen molar-refractivity contribution in [1.82, 2.24) is 0 Å². The Morgan fingerprint density at radius 2 is 2.00 bits per heavy atom. The third kappa shape index (κ3) is 4.10. The van der Waals surface area contributed by atoms with Crippen LogP contribution in [-0.2, 0) is 0 Å². The molecule has 0 aromatic rings. The molecule has 1 aliphatic rings. The maximum atomic E-state index is 8.62. The van der Waals surface area contributed by atoms with Gasteiger partial charge in [0.15, 0.2) is 0 Å². The van der Waals surface area contributed by atoms with E-state index in [0.29, 0.717) is 6.61 Å². The SMILES string of the molecule is C=C(C=CCCCO)C1CCCCC1. The minimum absolute atomic E-state index is 0.292. The highest BCUT2D eigenvalue weighted by molar-refractivity contribution is 5.18. The number of allylic oxidation sites excluding steroid dienone is 3. The normalized spacial score (nSPS) is 18.9. The van der Waals surface area contributed by atoms with Gasteiger partial charge < -0.3 is 5.11 Å². The van der Waals surface area contributed by atoms with Crippen molar-refractivity contribution in [2.24, 2.45) is 5.92 Å². The van der Waals surface area contributed by atoms with E-state index in [1.165, 1.54) is 37.7 Å². The molecular formula is C13H22O. The molecule has 1 saturated carbocycles. The summed E-state index contributed by atoms with van der Waals surface area (Å²) in [6.45, 7) is 4.42. The van der Waals surface area contributed by atoms with Gasteiger partial charge in [-0.3, -0.25) is 0 Å². The lowest BCUT2D eigenvalue weighted by Crippen LogP contribution is -2.06. The third-order valence-corrected chi connectivity index (χ3v) is 2.99. The van der Waals surface area contributed by atoms with Gasteiger partial charge in [-0.1, -0.05) is 43.6 Å². The quantitative estimate of drug-likeness (QED) is 0.525. The standard InChI is InChI=1S/C13H22O/c1-12(8-4-3-7-11-14)13-9-5-2-6-10-13/h4,8,13-14H,1-3,5-7,9-11H2. The molecule has 0 aliphatic heterocycles. The molecule has 14 heavy (non-hydrogen) atoms. The topological polar surface area (TPSA) is 20.2 Å². The Hall–Kier alpha value is -0.560. The van der Waals surface area contributed by atoms with Gasteiger partial charge in [0.2, 0.25) is 0 Å². The number of rotatable bonds is 5. The zero-order chi connectivity index (χ0) is 10.2. The van der Waals surface area contributed by atoms with Gasteiger partial charge in [-0.25, -0.2) is 0 Å². The molecule has 1 heteroatoms. The summed E-state index contributed by atoms with van der Waals surface area (Å²) in [6, 6.07) is 0. The molecule has 0 atom stereocenters. The highest BCUT2D eigenvalue weighted by Crippen LogP contribution is 2.29. The summed E-state index contributed by atoms with van der Waals surface area (Å²) in [5.41, 5.74) is 1.29. The number of aliphatic hydroxyl groups excluding tert-OH is 1. The van der Waals surface area contributed by atoms with Crippen molar-refractivity contribution in [3.05, 3.63) is 24.3 Å². The monoisotopic (exact) mass is 194 g/mol. The van der Waals surface area contributed by atoms with Crippen LogP contribution in [-0.4, -0.2) is 11.7 Å². The molecule has 80 valence electrons. The van der Waals surface area contributed by atoms with Crippen LogP contribution < -0.4 is 0 Å². The Labute approximate surface area is 87.5 Å². The van der Waals surface area contributed by atoms with Crippen LogP contribution in [0.15, 0.2) is 24.3 Å². The summed E-state index contributed by atoms with van der Waals surface area (Å²) in [5, 5.41) is 8.62. The average molecular weight is 194 g/mol. The summed E-state index contributed by atoms with van der Waals surface area (Å²) in [4.78, 5) is 0. The van der Waals surface area contributed by atoms with Crippen LogP contribution in [0.3, 0.4) is 0 Å². The van der Waals surface area contributed by atoms with E-state index < -0.39 is 0 Å². The van der Waals surface area contributed by atoms with E-state index >= 15 is 0 Å². The second kappa shape index (κ2) is 6.83. The first-order chi connectivity index (χ1) is 6.84. The second-order valence-corrected chi connectivity index (χ2v) is 4.18. The van der Waals surface area contributed by atoms with Crippen molar-refractivity contribution in [2.75, 3.05) is 6.61 Å². The van der Waals surface area contributed by atoms with Gasteiger partial charge >= 0.3 is 0 Å². The predicted octanol–water partition coefficient (Wildman–Crippen LogP) is 3.45. The number of aliphatic hydroxyl groups is 1. The minimum atomic E-state index is 0.292. The highest BCUT2D eigenvalue weighted by Gasteiger charge is 2.14. The summed E-state index contributed by atoms with van der Waals surface area (Å²) in [5.74, 6) is 0.731. The van der Waals surface area contributed by atoms with Gasteiger partial charge in [-0.15, -0.1) is 0 Å². The van der Waals surface area contributed by atoms with E-state index in [0.717, 1.165) is 18.8 Å². The van der Waals surface area contributed by atoms with Gasteiger partial charge in [0.05, 0.1) is 0 Å². The van der Waals surface area contributed by atoms with Crippen LogP contribution in [0, 0.1) is 5.92 Å². The first kappa shape index (κ1) is 11.5. The minimum Gasteiger partial charge on any atom is -0.396 e. The Bertz CT molecular complexity index is 187. The number of unbranched alkanes of at least 4 members (excludes halogenated alkanes) is 1. The first-order valence-electron chi connectivity index (χ1n) is 5.81. The fourth-order valence-electron chi connectivity index (χ4n) is 2.05. The molecule has 0 unspecified atom stereocenters. The van der Waals surface area contributed by atoms with Crippen molar-refractivity contribution in [1.29, 1.82) is 0 Å². The molecule has 0 aromatic heterocycles. The molecule has 0 amide bonds. The molecule has 0 radical (unpaired) electrons. The summed E-state index contributed by atoms with van der Waals surface area (Å²) in [7, 11) is 0. The lowest BCUT2D eigenvalue weighted by molar-refractivity contribution is 0.289. The fraction of sp³-hybridized carbons (Fsp3) is 0.692. The number of hydrogen-bond acceptors (Lipinski definition) is 1. The van der Waals surface area contributed by atoms with Gasteiger partial charge in [0.25, 0.3) is 0 Å². The van der Waals surface area contributed by atoms with E-state index in [1.807, 2.05) is 0 Å². The average Bonchev–Trinajstić information content (AvgIpc) is 2.25. The van der Waals surface area contributed by atoms with Crippen LogP contribution in [0.2, 0.25) is 0 Å². The van der Waals surface area contributed by atoms with Crippen LogP contribution in [0.25, 0.3) is 0 Å². The van der Waals surface area contributed by atoms with E-state index in [4.69, 9.17) is 5.11 Å². The van der Waals surface area contributed by atoms with Crippen LogP contribution in [0.4, 0.5) is 0 Å². The molecule has 1 rings (SSSR count).